The molecule has 0 aliphatic carbocycles. The molecule has 0 aliphatic heterocycles. The Morgan fingerprint density at radius 2 is 1.95 bits per heavy atom. The Labute approximate surface area is 121 Å². The van der Waals surface area contributed by atoms with E-state index in [9.17, 15) is 5.26 Å². The second-order valence-electron chi connectivity index (χ2n) is 4.43. The zero-order valence-electron chi connectivity index (χ0n) is 11.4. The van der Waals surface area contributed by atoms with Crippen molar-refractivity contribution in [2.75, 3.05) is 7.11 Å². The topological polar surface area (TPSA) is 59.0 Å². The maximum atomic E-state index is 9.32. The highest BCUT2D eigenvalue weighted by Gasteiger charge is 2.10. The minimum atomic E-state index is 0.328. The zero-order chi connectivity index (χ0) is 14.7. The van der Waals surface area contributed by atoms with E-state index in [-0.39, 0.29) is 0 Å². The van der Waals surface area contributed by atoms with Crippen molar-refractivity contribution in [1.29, 1.82) is 5.26 Å². The van der Waals surface area contributed by atoms with Crippen molar-refractivity contribution >= 4 is 22.7 Å². The van der Waals surface area contributed by atoms with Gasteiger partial charge in [0.05, 0.1) is 7.11 Å². The Hall–Kier alpha value is -3.06. The van der Waals surface area contributed by atoms with Crippen LogP contribution in [0.5, 0.6) is 5.75 Å². The lowest BCUT2D eigenvalue weighted by Crippen LogP contribution is -1.84. The summed E-state index contributed by atoms with van der Waals surface area (Å²) in [7, 11) is 1.61. The lowest BCUT2D eigenvalue weighted by Gasteiger charge is -1.99. The molecule has 102 valence electrons. The Bertz CT molecular complexity index is 806. The number of para-hydroxylation sites is 2. The summed E-state index contributed by atoms with van der Waals surface area (Å²) in [5.74, 6) is 1.10. The Morgan fingerprint density at radius 3 is 2.62 bits per heavy atom. The van der Waals surface area contributed by atoms with Gasteiger partial charge in [-0.25, -0.2) is 4.98 Å². The monoisotopic (exact) mass is 276 g/mol. The Balaban J connectivity index is 2.00. The first-order valence-corrected chi connectivity index (χ1v) is 6.42. The van der Waals surface area contributed by atoms with Crippen LogP contribution in [0.2, 0.25) is 0 Å². The van der Waals surface area contributed by atoms with E-state index in [4.69, 9.17) is 9.15 Å². The molecule has 0 spiro atoms. The van der Waals surface area contributed by atoms with Crippen LogP contribution < -0.4 is 4.74 Å². The number of nitriles is 1. The maximum absolute atomic E-state index is 9.32. The molecule has 4 nitrogen and oxygen atoms in total. The van der Waals surface area contributed by atoms with Crippen molar-refractivity contribution in [1.82, 2.24) is 4.98 Å². The lowest BCUT2D eigenvalue weighted by molar-refractivity contribution is 0.415. The number of aromatic nitrogens is 1. The van der Waals surface area contributed by atoms with Crippen LogP contribution in [0.1, 0.15) is 11.5 Å². The van der Waals surface area contributed by atoms with Crippen molar-refractivity contribution in [3.05, 3.63) is 60.0 Å². The molecule has 0 saturated heterocycles. The minimum Gasteiger partial charge on any atom is -0.497 e. The zero-order valence-corrected chi connectivity index (χ0v) is 11.4. The smallest absolute Gasteiger partial charge is 0.238 e. The van der Waals surface area contributed by atoms with E-state index < -0.39 is 0 Å². The van der Waals surface area contributed by atoms with Crippen molar-refractivity contribution in [2.45, 2.75) is 0 Å². The summed E-state index contributed by atoms with van der Waals surface area (Å²) in [5, 5.41) is 9.32. The molecule has 2 aromatic carbocycles. The van der Waals surface area contributed by atoms with Gasteiger partial charge >= 0.3 is 0 Å². The number of ether oxygens (including phenoxy) is 1. The molecule has 1 heterocycles. The number of hydrogen-bond donors (Lipinski definition) is 0. The average molecular weight is 276 g/mol. The van der Waals surface area contributed by atoms with Crippen LogP contribution in [0.4, 0.5) is 0 Å². The summed E-state index contributed by atoms with van der Waals surface area (Å²) >= 11 is 0. The van der Waals surface area contributed by atoms with Crippen LogP contribution >= 0.6 is 0 Å². The summed E-state index contributed by atoms with van der Waals surface area (Å²) in [6.45, 7) is 0. The SMILES string of the molecule is COc1ccc(/C=C(\C#N)c2nc3ccccc3o2)cc1. The first kappa shape index (κ1) is 12.9. The van der Waals surface area contributed by atoms with E-state index in [1.165, 1.54) is 0 Å². The molecule has 0 amide bonds. The number of allylic oxidation sites excluding steroid dienone is 1. The standard InChI is InChI=1S/C17H12N2O2/c1-20-14-8-6-12(7-9-14)10-13(11-18)17-19-15-4-2-3-5-16(15)21-17/h2-10H,1H3/b13-10+. The molecule has 3 aromatic rings. The average Bonchev–Trinajstić information content (AvgIpc) is 2.97. The maximum Gasteiger partial charge on any atom is 0.238 e. The number of nitrogens with zero attached hydrogens (tertiary/aromatic N) is 2. The molecule has 1 aromatic heterocycles. The predicted molar refractivity (Wildman–Crippen MR) is 80.5 cm³/mol. The van der Waals surface area contributed by atoms with Crippen molar-refractivity contribution in [3.63, 3.8) is 0 Å². The van der Waals surface area contributed by atoms with Gasteiger partial charge in [-0.3, -0.25) is 0 Å². The highest BCUT2D eigenvalue weighted by molar-refractivity contribution is 5.88. The van der Waals surface area contributed by atoms with Crippen LogP contribution in [0.25, 0.3) is 22.7 Å². The molecular weight excluding hydrogens is 264 g/mol. The molecule has 4 heteroatoms. The predicted octanol–water partition coefficient (Wildman–Crippen LogP) is 3.90. The van der Waals surface area contributed by atoms with Crippen LogP contribution in [0.15, 0.2) is 52.9 Å². The molecular formula is C17H12N2O2. The fourth-order valence-electron chi connectivity index (χ4n) is 2.00. The van der Waals surface area contributed by atoms with Crippen LogP contribution in [-0.2, 0) is 0 Å². The fourth-order valence-corrected chi connectivity index (χ4v) is 2.00. The Kier molecular flexibility index (Phi) is 3.40. The largest absolute Gasteiger partial charge is 0.497 e. The number of fused-ring (bicyclic) bond motifs is 1. The van der Waals surface area contributed by atoms with E-state index in [0.29, 0.717) is 17.0 Å². The van der Waals surface area contributed by atoms with Crippen LogP contribution in [0, 0.1) is 11.3 Å². The summed E-state index contributed by atoms with van der Waals surface area (Å²) < 4.78 is 10.7. The minimum absolute atomic E-state index is 0.328. The molecule has 3 rings (SSSR count). The number of hydrogen-bond acceptors (Lipinski definition) is 4. The molecule has 0 bridgehead atoms. The number of rotatable bonds is 3. The third-order valence-corrected chi connectivity index (χ3v) is 3.07. The van der Waals surface area contributed by atoms with Crippen molar-refractivity contribution < 1.29 is 9.15 Å². The highest BCUT2D eigenvalue weighted by atomic mass is 16.5. The molecule has 21 heavy (non-hydrogen) atoms. The molecule has 0 radical (unpaired) electrons. The van der Waals surface area contributed by atoms with Gasteiger partial charge in [0.15, 0.2) is 5.58 Å². The number of methoxy groups -OCH3 is 1. The molecule has 0 unspecified atom stereocenters. The summed E-state index contributed by atoms with van der Waals surface area (Å²) in [6.07, 6.45) is 1.74. The van der Waals surface area contributed by atoms with E-state index in [0.717, 1.165) is 16.8 Å². The van der Waals surface area contributed by atoms with Gasteiger partial charge in [-0.15, -0.1) is 0 Å². The number of benzene rings is 2. The first-order valence-electron chi connectivity index (χ1n) is 6.42. The van der Waals surface area contributed by atoms with E-state index in [2.05, 4.69) is 11.1 Å². The van der Waals surface area contributed by atoms with Gasteiger partial charge in [-0.1, -0.05) is 24.3 Å². The second kappa shape index (κ2) is 5.51. The summed E-state index contributed by atoms with van der Waals surface area (Å²) in [4.78, 5) is 4.33. The van der Waals surface area contributed by atoms with Crippen molar-refractivity contribution in [2.24, 2.45) is 0 Å². The third-order valence-electron chi connectivity index (χ3n) is 3.07. The van der Waals surface area contributed by atoms with Gasteiger partial charge in [0.25, 0.3) is 0 Å². The lowest BCUT2D eigenvalue weighted by atomic mass is 10.1. The van der Waals surface area contributed by atoms with Gasteiger partial charge in [-0.05, 0) is 35.9 Å². The molecule has 0 N–H and O–H groups in total. The van der Waals surface area contributed by atoms with Crippen molar-refractivity contribution in [3.8, 4) is 11.8 Å². The van der Waals surface area contributed by atoms with E-state index >= 15 is 0 Å². The first-order chi connectivity index (χ1) is 10.3. The van der Waals surface area contributed by atoms with Gasteiger partial charge in [0.2, 0.25) is 5.89 Å². The van der Waals surface area contributed by atoms with Crippen LogP contribution in [-0.4, -0.2) is 12.1 Å². The molecule has 0 fully saturated rings. The summed E-state index contributed by atoms with van der Waals surface area (Å²) in [5.41, 5.74) is 2.68. The summed E-state index contributed by atoms with van der Waals surface area (Å²) in [6, 6.07) is 17.0. The Morgan fingerprint density at radius 1 is 1.19 bits per heavy atom. The highest BCUT2D eigenvalue weighted by Crippen LogP contribution is 2.23. The van der Waals surface area contributed by atoms with Gasteiger partial charge in [0.1, 0.15) is 22.9 Å². The second-order valence-corrected chi connectivity index (χ2v) is 4.43. The van der Waals surface area contributed by atoms with Gasteiger partial charge in [0, 0.05) is 0 Å². The quantitative estimate of drug-likeness (QED) is 0.681. The fraction of sp³-hybridized carbons (Fsp3) is 0.0588. The van der Waals surface area contributed by atoms with Gasteiger partial charge < -0.3 is 9.15 Å². The molecule has 0 saturated carbocycles. The third kappa shape index (κ3) is 2.63. The van der Waals surface area contributed by atoms with E-state index in [1.54, 1.807) is 13.2 Å². The van der Waals surface area contributed by atoms with Gasteiger partial charge in [-0.2, -0.15) is 5.26 Å². The van der Waals surface area contributed by atoms with Crippen LogP contribution in [0.3, 0.4) is 0 Å². The normalized spacial score (nSPS) is 11.3. The molecule has 0 aliphatic rings. The van der Waals surface area contributed by atoms with E-state index in [1.807, 2.05) is 48.5 Å². The number of oxazole rings is 1. The molecule has 0 atom stereocenters.